The molecule has 1 amide bonds. The molecule has 186 valence electrons. The lowest BCUT2D eigenvalue weighted by molar-refractivity contribution is -0.933. The van der Waals surface area contributed by atoms with E-state index in [9.17, 15) is 15.0 Å². The Balaban J connectivity index is 1.63. The van der Waals surface area contributed by atoms with Crippen molar-refractivity contribution in [2.45, 2.75) is 70.9 Å². The van der Waals surface area contributed by atoms with Crippen LogP contribution in [0.2, 0.25) is 0 Å². The normalized spacial score (nSPS) is 17.8. The van der Waals surface area contributed by atoms with Crippen molar-refractivity contribution >= 4 is 6.09 Å². The molecule has 0 aliphatic carbocycles. The molecule has 34 heavy (non-hydrogen) atoms. The summed E-state index contributed by atoms with van der Waals surface area (Å²) in [7, 11) is 0. The Kier molecular flexibility index (Phi) is 8.84. The third-order valence-corrected chi connectivity index (χ3v) is 6.53. The minimum atomic E-state index is -0.507. The number of carbonyl (C=O) groups excluding carboxylic acids is 1. The molecule has 1 fully saturated rings. The molecular formula is C28H41N2O4+. The third-order valence-electron chi connectivity index (χ3n) is 6.53. The first kappa shape index (κ1) is 25.9. The van der Waals surface area contributed by atoms with Crippen molar-refractivity contribution in [1.29, 1.82) is 0 Å². The number of phenolic OH excluding ortho intramolecular Hbond substituents is 2. The van der Waals surface area contributed by atoms with Gasteiger partial charge in [-0.3, -0.25) is 0 Å². The summed E-state index contributed by atoms with van der Waals surface area (Å²) in [6.07, 6.45) is 5.59. The summed E-state index contributed by atoms with van der Waals surface area (Å²) < 4.78 is 6.47. The first-order valence-electron chi connectivity index (χ1n) is 12.5. The smallest absolute Gasteiger partial charge is 0.408 e. The summed E-state index contributed by atoms with van der Waals surface area (Å²) in [6.45, 7) is 9.72. The number of hydrogen-bond acceptors (Lipinski definition) is 4. The number of amides is 1. The van der Waals surface area contributed by atoms with Crippen LogP contribution in [0, 0.1) is 0 Å². The molecule has 6 heteroatoms. The molecule has 1 aliphatic heterocycles. The average Bonchev–Trinajstić information content (AvgIpc) is 2.73. The van der Waals surface area contributed by atoms with Crippen molar-refractivity contribution in [3.05, 3.63) is 59.7 Å². The van der Waals surface area contributed by atoms with Crippen LogP contribution in [0.5, 0.6) is 11.5 Å². The second-order valence-corrected chi connectivity index (χ2v) is 10.7. The average molecular weight is 470 g/mol. The van der Waals surface area contributed by atoms with Crippen LogP contribution in [0.1, 0.15) is 57.6 Å². The molecule has 1 heterocycles. The lowest BCUT2D eigenvalue weighted by atomic mass is 9.99. The number of aromatic hydroxyl groups is 2. The van der Waals surface area contributed by atoms with Gasteiger partial charge in [0.25, 0.3) is 0 Å². The van der Waals surface area contributed by atoms with Gasteiger partial charge in [0.2, 0.25) is 0 Å². The van der Waals surface area contributed by atoms with Gasteiger partial charge in [-0.25, -0.2) is 4.79 Å². The largest absolute Gasteiger partial charge is 0.508 e. The SMILES string of the molecule is CC(C)(C)OC(=O)N[C@H]1CCC[N+](CCCc2cccc(O)c2)(CCCc2cccc(O)c2)C1. The van der Waals surface area contributed by atoms with Crippen molar-refractivity contribution in [2.75, 3.05) is 26.2 Å². The molecule has 0 spiro atoms. The van der Waals surface area contributed by atoms with Gasteiger partial charge in [0, 0.05) is 12.8 Å². The number of benzene rings is 2. The van der Waals surface area contributed by atoms with Gasteiger partial charge in [-0.2, -0.15) is 0 Å². The maximum atomic E-state index is 12.4. The Morgan fingerprint density at radius 3 is 2.06 bits per heavy atom. The van der Waals surface area contributed by atoms with Gasteiger partial charge in [-0.15, -0.1) is 0 Å². The number of piperidine rings is 1. The van der Waals surface area contributed by atoms with E-state index in [-0.39, 0.29) is 12.1 Å². The molecule has 0 radical (unpaired) electrons. The zero-order valence-electron chi connectivity index (χ0n) is 20.9. The summed E-state index contributed by atoms with van der Waals surface area (Å²) in [4.78, 5) is 12.4. The first-order valence-corrected chi connectivity index (χ1v) is 12.5. The minimum Gasteiger partial charge on any atom is -0.508 e. The van der Waals surface area contributed by atoms with E-state index in [0.29, 0.717) is 11.5 Å². The summed E-state index contributed by atoms with van der Waals surface area (Å²) in [5.41, 5.74) is 1.80. The van der Waals surface area contributed by atoms with Crippen molar-refractivity contribution < 1.29 is 24.2 Å². The van der Waals surface area contributed by atoms with Gasteiger partial charge < -0.3 is 24.7 Å². The van der Waals surface area contributed by atoms with Crippen molar-refractivity contribution in [1.82, 2.24) is 5.32 Å². The molecule has 2 aromatic carbocycles. The molecule has 3 N–H and O–H groups in total. The quantitative estimate of drug-likeness (QED) is 0.443. The van der Waals surface area contributed by atoms with Crippen LogP contribution in [-0.2, 0) is 17.6 Å². The molecule has 1 saturated heterocycles. The van der Waals surface area contributed by atoms with Gasteiger partial charge in [-0.05, 0) is 81.8 Å². The van der Waals surface area contributed by atoms with E-state index in [0.717, 1.165) is 80.3 Å². The number of phenols is 2. The van der Waals surface area contributed by atoms with Gasteiger partial charge in [-0.1, -0.05) is 24.3 Å². The Hall–Kier alpha value is -2.73. The highest BCUT2D eigenvalue weighted by molar-refractivity contribution is 5.68. The fourth-order valence-corrected chi connectivity index (χ4v) is 5.09. The number of alkyl carbamates (subject to hydrolysis) is 1. The number of ether oxygens (including phenoxy) is 1. The van der Waals surface area contributed by atoms with E-state index in [2.05, 4.69) is 17.4 Å². The van der Waals surface area contributed by atoms with Crippen LogP contribution in [0.25, 0.3) is 0 Å². The monoisotopic (exact) mass is 469 g/mol. The van der Waals surface area contributed by atoms with E-state index in [4.69, 9.17) is 4.74 Å². The van der Waals surface area contributed by atoms with E-state index in [1.807, 2.05) is 45.0 Å². The molecule has 1 aliphatic rings. The number of hydrogen-bond donors (Lipinski definition) is 3. The second-order valence-electron chi connectivity index (χ2n) is 10.7. The maximum absolute atomic E-state index is 12.4. The number of aryl methyl sites for hydroxylation is 2. The lowest BCUT2D eigenvalue weighted by Crippen LogP contribution is -2.60. The maximum Gasteiger partial charge on any atom is 0.408 e. The summed E-state index contributed by atoms with van der Waals surface area (Å²) in [5.74, 6) is 0.624. The summed E-state index contributed by atoms with van der Waals surface area (Å²) >= 11 is 0. The van der Waals surface area contributed by atoms with Gasteiger partial charge in [0.15, 0.2) is 0 Å². The lowest BCUT2D eigenvalue weighted by Gasteiger charge is -2.45. The molecule has 6 nitrogen and oxygen atoms in total. The zero-order chi connectivity index (χ0) is 24.6. The molecule has 0 saturated carbocycles. The molecule has 0 bridgehead atoms. The Bertz CT molecular complexity index is 886. The highest BCUT2D eigenvalue weighted by Crippen LogP contribution is 2.24. The zero-order valence-corrected chi connectivity index (χ0v) is 20.9. The number of nitrogens with one attached hydrogen (secondary N) is 1. The fourth-order valence-electron chi connectivity index (χ4n) is 5.09. The van der Waals surface area contributed by atoms with Crippen molar-refractivity contribution in [3.63, 3.8) is 0 Å². The van der Waals surface area contributed by atoms with Gasteiger partial charge in [0.1, 0.15) is 17.1 Å². The van der Waals surface area contributed by atoms with Crippen LogP contribution in [0.3, 0.4) is 0 Å². The van der Waals surface area contributed by atoms with Crippen molar-refractivity contribution in [3.8, 4) is 11.5 Å². The molecule has 2 aromatic rings. The van der Waals surface area contributed by atoms with Crippen LogP contribution in [0.15, 0.2) is 48.5 Å². The van der Waals surface area contributed by atoms with Crippen LogP contribution in [0.4, 0.5) is 4.79 Å². The number of nitrogens with zero attached hydrogens (tertiary/aromatic N) is 1. The van der Waals surface area contributed by atoms with Crippen LogP contribution in [-0.4, -0.2) is 58.6 Å². The summed E-state index contributed by atoms with van der Waals surface area (Å²) in [5, 5.41) is 22.7. The third kappa shape index (κ3) is 8.56. The molecule has 0 aromatic heterocycles. The number of likely N-dealkylation sites (tertiary alicyclic amines) is 1. The van der Waals surface area contributed by atoms with Crippen molar-refractivity contribution in [2.24, 2.45) is 0 Å². The number of quaternary nitrogens is 1. The highest BCUT2D eigenvalue weighted by Gasteiger charge is 2.35. The molecule has 3 rings (SSSR count). The van der Waals surface area contributed by atoms with E-state index in [1.165, 1.54) is 0 Å². The van der Waals surface area contributed by atoms with E-state index in [1.54, 1.807) is 12.1 Å². The Morgan fingerprint density at radius 1 is 1.00 bits per heavy atom. The van der Waals surface area contributed by atoms with E-state index >= 15 is 0 Å². The van der Waals surface area contributed by atoms with Crippen LogP contribution < -0.4 is 5.32 Å². The molecule has 0 unspecified atom stereocenters. The standard InChI is InChI=1S/C28H40N2O4/c1-28(2,3)34-27(33)29-24-13-8-18-30(21-24,16-6-11-22-9-4-14-25(31)19-22)17-7-12-23-10-5-15-26(32)20-23/h4-5,9-10,14-15,19-20,24H,6-8,11-13,16-18,21H2,1-3H3,(H2-,29,31,32,33)/p+1/t24-/m0/s1. The summed E-state index contributed by atoms with van der Waals surface area (Å²) in [6, 6.07) is 15.1. The second kappa shape index (κ2) is 11.6. The van der Waals surface area contributed by atoms with E-state index < -0.39 is 5.60 Å². The fraction of sp³-hybridized carbons (Fsp3) is 0.536. The number of carbonyl (C=O) groups is 1. The predicted octanol–water partition coefficient (Wildman–Crippen LogP) is 5.17. The highest BCUT2D eigenvalue weighted by atomic mass is 16.6. The molecule has 1 atom stereocenters. The Morgan fingerprint density at radius 2 is 1.56 bits per heavy atom. The first-order chi connectivity index (χ1) is 16.1. The molecular weight excluding hydrogens is 428 g/mol. The topological polar surface area (TPSA) is 78.8 Å². The Labute approximate surface area is 204 Å². The van der Waals surface area contributed by atoms with Gasteiger partial charge in [0.05, 0.1) is 32.2 Å². The van der Waals surface area contributed by atoms with Crippen LogP contribution >= 0.6 is 0 Å². The predicted molar refractivity (Wildman–Crippen MR) is 135 cm³/mol. The van der Waals surface area contributed by atoms with Gasteiger partial charge >= 0.3 is 6.09 Å². The number of rotatable bonds is 9. The minimum absolute atomic E-state index is 0.102.